The van der Waals surface area contributed by atoms with Gasteiger partial charge in [0, 0.05) is 31.7 Å². The van der Waals surface area contributed by atoms with Crippen molar-refractivity contribution in [2.45, 2.75) is 50.0 Å². The number of carbonyl (C=O) groups excluding carboxylic acids is 2. The van der Waals surface area contributed by atoms with Crippen molar-refractivity contribution in [1.82, 2.24) is 14.9 Å². The Kier molecular flexibility index (Phi) is 7.89. The molecule has 9 nitrogen and oxygen atoms in total. The molecular formula is C24H32N4O5S. The summed E-state index contributed by atoms with van der Waals surface area (Å²) in [5.74, 6) is -0.246. The Balaban J connectivity index is 1.50. The smallest absolute Gasteiger partial charge is 0.251 e. The zero-order valence-corrected chi connectivity index (χ0v) is 20.1. The zero-order chi connectivity index (χ0) is 24.0. The molecule has 0 spiro atoms. The molecule has 2 saturated heterocycles. The number of benzene rings is 1. The number of piperidine rings is 2. The summed E-state index contributed by atoms with van der Waals surface area (Å²) < 4.78 is 33.9. The van der Waals surface area contributed by atoms with Crippen molar-refractivity contribution in [2.24, 2.45) is 0 Å². The lowest BCUT2D eigenvalue weighted by molar-refractivity contribution is -0.120. The van der Waals surface area contributed by atoms with E-state index in [0.717, 1.165) is 51.6 Å². The van der Waals surface area contributed by atoms with Gasteiger partial charge in [-0.2, -0.15) is 4.31 Å². The standard InChI is InChI=1S/C24H32N4O5S/c29-23(25-17-20-8-7-15-33-20)18-26-24(30)19-9-10-21(27-11-3-1-4-12-27)22(16-19)34(31,32)28-13-5-2-6-14-28/h7-10,15-16H,1-6,11-14,17-18H2,(H,25,29)(H,26,30). The van der Waals surface area contributed by atoms with E-state index >= 15 is 0 Å². The van der Waals surface area contributed by atoms with E-state index in [4.69, 9.17) is 4.42 Å². The number of sulfonamides is 1. The van der Waals surface area contributed by atoms with Gasteiger partial charge in [0.1, 0.15) is 10.7 Å². The van der Waals surface area contributed by atoms with Gasteiger partial charge < -0.3 is 20.0 Å². The Morgan fingerprint density at radius 3 is 2.29 bits per heavy atom. The molecular weight excluding hydrogens is 456 g/mol. The first-order valence-corrected chi connectivity index (χ1v) is 13.4. The second kappa shape index (κ2) is 11.1. The minimum atomic E-state index is -3.74. The van der Waals surface area contributed by atoms with Crippen LogP contribution in [0.1, 0.15) is 54.6 Å². The largest absolute Gasteiger partial charge is 0.467 e. The number of rotatable bonds is 8. The third kappa shape index (κ3) is 5.79. The average molecular weight is 489 g/mol. The molecule has 2 aliphatic rings. The molecule has 0 aliphatic carbocycles. The summed E-state index contributed by atoms with van der Waals surface area (Å²) in [6.07, 6.45) is 7.38. The maximum Gasteiger partial charge on any atom is 0.251 e. The van der Waals surface area contributed by atoms with Gasteiger partial charge in [0.05, 0.1) is 25.0 Å². The number of nitrogens with one attached hydrogen (secondary N) is 2. The number of amides is 2. The Bertz CT molecular complexity index is 1090. The first-order chi connectivity index (χ1) is 16.4. The average Bonchev–Trinajstić information content (AvgIpc) is 3.40. The van der Waals surface area contributed by atoms with Gasteiger partial charge in [-0.15, -0.1) is 0 Å². The molecule has 2 fully saturated rings. The van der Waals surface area contributed by atoms with E-state index in [1.807, 2.05) is 0 Å². The molecule has 2 amide bonds. The van der Waals surface area contributed by atoms with Gasteiger partial charge in [-0.25, -0.2) is 8.42 Å². The van der Waals surface area contributed by atoms with Crippen LogP contribution in [0, 0.1) is 0 Å². The molecule has 184 valence electrons. The van der Waals surface area contributed by atoms with E-state index in [0.29, 0.717) is 24.5 Å². The molecule has 2 aliphatic heterocycles. The summed E-state index contributed by atoms with van der Waals surface area (Å²) in [4.78, 5) is 27.2. The fourth-order valence-corrected chi connectivity index (χ4v) is 6.18. The van der Waals surface area contributed by atoms with Crippen molar-refractivity contribution < 1.29 is 22.4 Å². The van der Waals surface area contributed by atoms with Crippen molar-refractivity contribution in [3.8, 4) is 0 Å². The summed E-state index contributed by atoms with van der Waals surface area (Å²) >= 11 is 0. The molecule has 0 saturated carbocycles. The summed E-state index contributed by atoms with van der Waals surface area (Å²) in [6.45, 7) is 2.59. The van der Waals surface area contributed by atoms with E-state index in [2.05, 4.69) is 15.5 Å². The second-order valence-electron chi connectivity index (χ2n) is 8.73. The molecule has 2 aromatic rings. The predicted octanol–water partition coefficient (Wildman–Crippen LogP) is 2.49. The van der Waals surface area contributed by atoms with Crippen molar-refractivity contribution in [3.05, 3.63) is 47.9 Å². The quantitative estimate of drug-likeness (QED) is 0.591. The highest BCUT2D eigenvalue weighted by molar-refractivity contribution is 7.89. The maximum absolute atomic E-state index is 13.6. The highest BCUT2D eigenvalue weighted by atomic mass is 32.2. The zero-order valence-electron chi connectivity index (χ0n) is 19.3. The molecule has 0 atom stereocenters. The van der Waals surface area contributed by atoms with Gasteiger partial charge in [0.15, 0.2) is 0 Å². The molecule has 4 rings (SSSR count). The van der Waals surface area contributed by atoms with Crippen LogP contribution in [0.5, 0.6) is 0 Å². The molecule has 2 N–H and O–H groups in total. The summed E-state index contributed by atoms with van der Waals surface area (Å²) in [5, 5.41) is 5.25. The van der Waals surface area contributed by atoms with Crippen molar-refractivity contribution in [1.29, 1.82) is 0 Å². The molecule has 34 heavy (non-hydrogen) atoms. The third-order valence-corrected chi connectivity index (χ3v) is 8.23. The Labute approximate surface area is 200 Å². The summed E-state index contributed by atoms with van der Waals surface area (Å²) in [5.41, 5.74) is 0.869. The first-order valence-electron chi connectivity index (χ1n) is 11.9. The first kappa shape index (κ1) is 24.3. The molecule has 0 unspecified atom stereocenters. The number of carbonyl (C=O) groups is 2. The van der Waals surface area contributed by atoms with Crippen molar-refractivity contribution in [2.75, 3.05) is 37.6 Å². The molecule has 3 heterocycles. The summed E-state index contributed by atoms with van der Waals surface area (Å²) in [6, 6.07) is 8.30. The van der Waals surface area contributed by atoms with Gasteiger partial charge in [0.25, 0.3) is 5.91 Å². The van der Waals surface area contributed by atoms with Crippen molar-refractivity contribution >= 4 is 27.5 Å². The van der Waals surface area contributed by atoms with E-state index in [9.17, 15) is 18.0 Å². The van der Waals surface area contributed by atoms with E-state index < -0.39 is 15.9 Å². The van der Waals surface area contributed by atoms with Gasteiger partial charge >= 0.3 is 0 Å². The van der Waals surface area contributed by atoms with E-state index in [1.165, 1.54) is 16.6 Å². The number of hydrogen-bond acceptors (Lipinski definition) is 6. The maximum atomic E-state index is 13.6. The van der Waals surface area contributed by atoms with Crippen LogP contribution in [0.3, 0.4) is 0 Å². The van der Waals surface area contributed by atoms with Crippen LogP contribution in [0.15, 0.2) is 45.9 Å². The van der Waals surface area contributed by atoms with E-state index in [1.54, 1.807) is 24.3 Å². The van der Waals surface area contributed by atoms with Crippen LogP contribution in [0.4, 0.5) is 5.69 Å². The second-order valence-corrected chi connectivity index (χ2v) is 10.6. The lowest BCUT2D eigenvalue weighted by atomic mass is 10.1. The molecule has 1 aromatic heterocycles. The predicted molar refractivity (Wildman–Crippen MR) is 128 cm³/mol. The molecule has 1 aromatic carbocycles. The molecule has 10 heteroatoms. The van der Waals surface area contributed by atoms with Crippen LogP contribution in [0.2, 0.25) is 0 Å². The van der Waals surface area contributed by atoms with Crippen LogP contribution in [-0.4, -0.2) is 57.3 Å². The monoisotopic (exact) mass is 488 g/mol. The fourth-order valence-electron chi connectivity index (χ4n) is 4.43. The van der Waals surface area contributed by atoms with Crippen molar-refractivity contribution in [3.63, 3.8) is 0 Å². The van der Waals surface area contributed by atoms with Gasteiger partial charge in [-0.3, -0.25) is 9.59 Å². The SMILES string of the molecule is O=C(CNC(=O)c1ccc(N2CCCCC2)c(S(=O)(=O)N2CCCCC2)c1)NCc1ccco1. The van der Waals surface area contributed by atoms with Gasteiger partial charge in [-0.05, 0) is 62.4 Å². The molecule has 0 radical (unpaired) electrons. The minimum Gasteiger partial charge on any atom is -0.467 e. The normalized spacial score (nSPS) is 17.4. The minimum absolute atomic E-state index is 0.172. The lowest BCUT2D eigenvalue weighted by Crippen LogP contribution is -2.38. The number of anilines is 1. The Hall–Kier alpha value is -2.85. The Morgan fingerprint density at radius 2 is 1.62 bits per heavy atom. The lowest BCUT2D eigenvalue weighted by Gasteiger charge is -2.33. The topological polar surface area (TPSA) is 112 Å². The Morgan fingerprint density at radius 1 is 0.912 bits per heavy atom. The highest BCUT2D eigenvalue weighted by Crippen LogP contribution is 2.32. The van der Waals surface area contributed by atoms with Crippen LogP contribution in [0.25, 0.3) is 0 Å². The molecule has 0 bridgehead atoms. The van der Waals surface area contributed by atoms with Crippen LogP contribution in [-0.2, 0) is 21.4 Å². The summed E-state index contributed by atoms with van der Waals surface area (Å²) in [7, 11) is -3.74. The van der Waals surface area contributed by atoms with Crippen LogP contribution < -0.4 is 15.5 Å². The number of furan rings is 1. The number of nitrogens with zero attached hydrogens (tertiary/aromatic N) is 2. The third-order valence-electron chi connectivity index (χ3n) is 6.30. The number of hydrogen-bond donors (Lipinski definition) is 2. The van der Waals surface area contributed by atoms with E-state index in [-0.39, 0.29) is 29.5 Å². The fraction of sp³-hybridized carbons (Fsp3) is 0.500. The van der Waals surface area contributed by atoms with Gasteiger partial charge in [0.2, 0.25) is 15.9 Å². The highest BCUT2D eigenvalue weighted by Gasteiger charge is 2.31. The van der Waals surface area contributed by atoms with Crippen LogP contribution >= 0.6 is 0 Å². The van der Waals surface area contributed by atoms with Gasteiger partial charge in [-0.1, -0.05) is 6.42 Å².